The molecule has 0 N–H and O–H groups in total. The Morgan fingerprint density at radius 2 is 1.77 bits per heavy atom. The van der Waals surface area contributed by atoms with E-state index in [0.29, 0.717) is 41.0 Å². The summed E-state index contributed by atoms with van der Waals surface area (Å²) >= 11 is 0. The Morgan fingerprint density at radius 3 is 2.47 bits per heavy atom. The number of amides is 1. The van der Waals surface area contributed by atoms with Crippen molar-refractivity contribution in [2.45, 2.75) is 25.9 Å². The zero-order valence-corrected chi connectivity index (χ0v) is 17.1. The molecule has 3 aromatic rings. The number of carbonyl (C=O) groups is 2. The molecule has 6 heteroatoms. The summed E-state index contributed by atoms with van der Waals surface area (Å²) in [6.07, 6.45) is 1.13. The van der Waals surface area contributed by atoms with Crippen molar-refractivity contribution in [1.82, 2.24) is 9.88 Å². The topological polar surface area (TPSA) is 68.7 Å². The molecule has 1 aliphatic rings. The summed E-state index contributed by atoms with van der Waals surface area (Å²) in [7, 11) is 1.57. The van der Waals surface area contributed by atoms with Crippen LogP contribution in [0, 0.1) is 0 Å². The van der Waals surface area contributed by atoms with Crippen molar-refractivity contribution in [1.29, 1.82) is 0 Å². The lowest BCUT2D eigenvalue weighted by Crippen LogP contribution is -2.38. The maximum atomic E-state index is 13.1. The van der Waals surface area contributed by atoms with Crippen LogP contribution in [0.25, 0.3) is 22.2 Å². The molecule has 2 heterocycles. The average Bonchev–Trinajstić information content (AvgIpc) is 3.32. The molecule has 4 rings (SSSR count). The first kappa shape index (κ1) is 19.9. The maximum Gasteiger partial charge on any atom is 0.339 e. The van der Waals surface area contributed by atoms with Gasteiger partial charge in [0.25, 0.3) is 5.91 Å². The van der Waals surface area contributed by atoms with Gasteiger partial charge in [-0.3, -0.25) is 4.79 Å². The van der Waals surface area contributed by atoms with E-state index in [4.69, 9.17) is 14.5 Å². The second kappa shape index (κ2) is 8.53. The third kappa shape index (κ3) is 3.99. The summed E-state index contributed by atoms with van der Waals surface area (Å²) in [6, 6.07) is 16.7. The van der Waals surface area contributed by atoms with Gasteiger partial charge in [0.05, 0.1) is 23.9 Å². The summed E-state index contributed by atoms with van der Waals surface area (Å²) in [5.41, 5.74) is 2.57. The van der Waals surface area contributed by atoms with Crippen molar-refractivity contribution < 1.29 is 19.1 Å². The van der Waals surface area contributed by atoms with Crippen molar-refractivity contribution in [2.75, 3.05) is 20.2 Å². The highest BCUT2D eigenvalue weighted by Crippen LogP contribution is 2.28. The summed E-state index contributed by atoms with van der Waals surface area (Å²) in [5, 5.41) is 0.625. The molecule has 0 saturated carbocycles. The van der Waals surface area contributed by atoms with E-state index >= 15 is 0 Å². The molecule has 0 bridgehead atoms. The summed E-state index contributed by atoms with van der Waals surface area (Å²) < 4.78 is 10.9. The lowest BCUT2D eigenvalue weighted by Gasteiger charge is -2.20. The van der Waals surface area contributed by atoms with Crippen LogP contribution < -0.4 is 4.74 Å². The maximum absolute atomic E-state index is 13.1. The molecule has 1 aromatic heterocycles. The van der Waals surface area contributed by atoms with Gasteiger partial charge in [-0.15, -0.1) is 0 Å². The van der Waals surface area contributed by atoms with Crippen LogP contribution >= 0.6 is 0 Å². The van der Waals surface area contributed by atoms with E-state index in [1.807, 2.05) is 36.4 Å². The number of rotatable bonds is 5. The zero-order chi connectivity index (χ0) is 21.1. The van der Waals surface area contributed by atoms with Gasteiger partial charge in [-0.2, -0.15) is 0 Å². The van der Waals surface area contributed by atoms with Crippen molar-refractivity contribution in [2.24, 2.45) is 0 Å². The highest BCUT2D eigenvalue weighted by molar-refractivity contribution is 6.05. The highest BCUT2D eigenvalue weighted by Gasteiger charge is 2.27. The number of esters is 1. The Labute approximate surface area is 175 Å². The number of nitrogens with zero attached hydrogens (tertiary/aromatic N) is 2. The second-order valence-electron chi connectivity index (χ2n) is 7.38. The van der Waals surface area contributed by atoms with Gasteiger partial charge < -0.3 is 14.4 Å². The molecule has 154 valence electrons. The van der Waals surface area contributed by atoms with Gasteiger partial charge in [0.2, 0.25) is 0 Å². The monoisotopic (exact) mass is 404 g/mol. The number of hydrogen-bond donors (Lipinski definition) is 0. The summed E-state index contributed by atoms with van der Waals surface area (Å²) in [5.74, 6) is -0.0834. The largest absolute Gasteiger partial charge is 0.497 e. The van der Waals surface area contributed by atoms with E-state index in [1.165, 1.54) is 0 Å². The Bertz CT molecular complexity index is 1080. The van der Waals surface area contributed by atoms with Crippen LogP contribution in [-0.4, -0.2) is 48.1 Å². The molecule has 2 aromatic carbocycles. The van der Waals surface area contributed by atoms with Gasteiger partial charge >= 0.3 is 5.97 Å². The number of likely N-dealkylation sites (tertiary alicyclic amines) is 1. The number of aromatic nitrogens is 1. The van der Waals surface area contributed by atoms with Gasteiger partial charge in [0.15, 0.2) is 6.10 Å². The van der Waals surface area contributed by atoms with Gasteiger partial charge in [0, 0.05) is 24.0 Å². The van der Waals surface area contributed by atoms with Crippen LogP contribution in [0.5, 0.6) is 5.75 Å². The van der Waals surface area contributed by atoms with E-state index in [-0.39, 0.29) is 5.91 Å². The molecule has 0 aliphatic carbocycles. The Hall–Kier alpha value is -3.41. The molecule has 0 radical (unpaired) electrons. The fourth-order valence-corrected chi connectivity index (χ4v) is 3.73. The van der Waals surface area contributed by atoms with Crippen molar-refractivity contribution in [3.05, 3.63) is 60.2 Å². The summed E-state index contributed by atoms with van der Waals surface area (Å²) in [6.45, 7) is 3.06. The number of fused-ring (bicyclic) bond motifs is 1. The molecule has 30 heavy (non-hydrogen) atoms. The summed E-state index contributed by atoms with van der Waals surface area (Å²) in [4.78, 5) is 32.1. The lowest BCUT2D eigenvalue weighted by molar-refractivity contribution is -0.138. The normalized spacial score (nSPS) is 14.5. The third-order valence-electron chi connectivity index (χ3n) is 5.35. The minimum atomic E-state index is -0.843. The van der Waals surface area contributed by atoms with Crippen molar-refractivity contribution in [3.8, 4) is 17.0 Å². The molecular weight excluding hydrogens is 380 g/mol. The standard InChI is InChI=1S/C24H24N2O4/c1-16(23(27)26-12-6-7-13-26)30-24(28)20-15-22(17-8-4-3-5-9-17)25-21-11-10-18(29-2)14-19(20)21/h3-5,8-11,14-16H,6-7,12-13H2,1-2H3/t16-/m0/s1. The van der Waals surface area contributed by atoms with Crippen LogP contribution in [0.1, 0.15) is 30.1 Å². The van der Waals surface area contributed by atoms with E-state index in [9.17, 15) is 9.59 Å². The second-order valence-corrected chi connectivity index (χ2v) is 7.38. The molecule has 1 atom stereocenters. The minimum absolute atomic E-state index is 0.153. The number of carbonyl (C=O) groups excluding carboxylic acids is 2. The Kier molecular flexibility index (Phi) is 5.65. The fraction of sp³-hybridized carbons (Fsp3) is 0.292. The van der Waals surface area contributed by atoms with Gasteiger partial charge in [0.1, 0.15) is 5.75 Å². The smallest absolute Gasteiger partial charge is 0.339 e. The van der Waals surface area contributed by atoms with Crippen LogP contribution in [-0.2, 0) is 9.53 Å². The van der Waals surface area contributed by atoms with Crippen LogP contribution in [0.2, 0.25) is 0 Å². The number of ether oxygens (including phenoxy) is 2. The minimum Gasteiger partial charge on any atom is -0.497 e. The first-order valence-corrected chi connectivity index (χ1v) is 10.1. The predicted molar refractivity (Wildman–Crippen MR) is 114 cm³/mol. The van der Waals surface area contributed by atoms with Crippen molar-refractivity contribution in [3.63, 3.8) is 0 Å². The van der Waals surface area contributed by atoms with E-state index in [2.05, 4.69) is 0 Å². The van der Waals surface area contributed by atoms with E-state index < -0.39 is 12.1 Å². The Balaban J connectivity index is 1.71. The molecular formula is C24H24N2O4. The van der Waals surface area contributed by atoms with Crippen LogP contribution in [0.4, 0.5) is 0 Å². The molecule has 1 aliphatic heterocycles. The lowest BCUT2D eigenvalue weighted by atomic mass is 10.0. The average molecular weight is 404 g/mol. The van der Waals surface area contributed by atoms with Crippen LogP contribution in [0.3, 0.4) is 0 Å². The SMILES string of the molecule is COc1ccc2nc(-c3ccccc3)cc(C(=O)O[C@@H](C)C(=O)N3CCCC3)c2c1. The van der Waals surface area contributed by atoms with E-state index in [1.54, 1.807) is 37.1 Å². The molecule has 0 unspecified atom stereocenters. The first-order valence-electron chi connectivity index (χ1n) is 10.1. The van der Waals surface area contributed by atoms with Gasteiger partial charge in [-0.1, -0.05) is 30.3 Å². The third-order valence-corrected chi connectivity index (χ3v) is 5.35. The zero-order valence-electron chi connectivity index (χ0n) is 17.1. The number of hydrogen-bond acceptors (Lipinski definition) is 5. The molecule has 6 nitrogen and oxygen atoms in total. The van der Waals surface area contributed by atoms with Crippen molar-refractivity contribution >= 4 is 22.8 Å². The van der Waals surface area contributed by atoms with Gasteiger partial charge in [-0.05, 0) is 44.0 Å². The Morgan fingerprint density at radius 1 is 1.03 bits per heavy atom. The first-order chi connectivity index (χ1) is 14.6. The van der Waals surface area contributed by atoms with Crippen LogP contribution in [0.15, 0.2) is 54.6 Å². The van der Waals surface area contributed by atoms with Gasteiger partial charge in [-0.25, -0.2) is 9.78 Å². The molecule has 1 amide bonds. The molecule has 1 saturated heterocycles. The number of benzene rings is 2. The fourth-order valence-electron chi connectivity index (χ4n) is 3.73. The molecule has 0 spiro atoms. The number of methoxy groups -OCH3 is 1. The highest BCUT2D eigenvalue weighted by atomic mass is 16.5. The van der Waals surface area contributed by atoms with E-state index in [0.717, 1.165) is 18.4 Å². The quantitative estimate of drug-likeness (QED) is 0.600. The predicted octanol–water partition coefficient (Wildman–Crippen LogP) is 4.08. The number of pyridine rings is 1. The molecule has 1 fully saturated rings.